The normalized spacial score (nSPS) is 11.1. The number of carbonyl (C=O) groups is 1. The van der Waals surface area contributed by atoms with E-state index in [4.69, 9.17) is 0 Å². The lowest BCUT2D eigenvalue weighted by molar-refractivity contribution is 0.102. The van der Waals surface area contributed by atoms with E-state index in [2.05, 4.69) is 5.32 Å². The molecule has 0 aromatic heterocycles. The van der Waals surface area contributed by atoms with E-state index in [1.165, 1.54) is 47.8 Å². The van der Waals surface area contributed by atoms with Gasteiger partial charge in [-0.25, -0.2) is 12.8 Å². The minimum atomic E-state index is -3.70. The Hall–Kier alpha value is -3.19. The summed E-state index contributed by atoms with van der Waals surface area (Å²) in [4.78, 5) is 12.5. The van der Waals surface area contributed by atoms with Gasteiger partial charge in [0.1, 0.15) is 5.82 Å². The molecule has 1 N–H and O–H groups in total. The Kier molecular flexibility index (Phi) is 5.46. The maximum absolute atomic E-state index is 12.9. The summed E-state index contributed by atoms with van der Waals surface area (Å²) in [6, 6.07) is 18.2. The monoisotopic (exact) mass is 398 g/mol. The number of benzene rings is 3. The topological polar surface area (TPSA) is 66.5 Å². The van der Waals surface area contributed by atoms with Crippen LogP contribution in [0.1, 0.15) is 15.9 Å². The van der Waals surface area contributed by atoms with E-state index in [0.29, 0.717) is 16.9 Å². The molecule has 3 rings (SSSR count). The molecule has 5 nitrogen and oxygen atoms in total. The third kappa shape index (κ3) is 4.20. The van der Waals surface area contributed by atoms with Crippen molar-refractivity contribution < 1.29 is 17.6 Å². The van der Waals surface area contributed by atoms with Gasteiger partial charge in [0.05, 0.1) is 10.6 Å². The Bertz CT molecular complexity index is 1080. The van der Waals surface area contributed by atoms with Crippen molar-refractivity contribution in [2.45, 2.75) is 11.8 Å². The number of nitrogens with zero attached hydrogens (tertiary/aromatic N) is 1. The number of halogens is 1. The average Bonchev–Trinajstić information content (AvgIpc) is 2.69. The average molecular weight is 398 g/mol. The summed E-state index contributed by atoms with van der Waals surface area (Å²) < 4.78 is 39.6. The Balaban J connectivity index is 1.76. The molecule has 0 aliphatic rings. The van der Waals surface area contributed by atoms with Crippen LogP contribution in [0.15, 0.2) is 77.7 Å². The van der Waals surface area contributed by atoms with Gasteiger partial charge in [-0.3, -0.25) is 9.10 Å². The molecular weight excluding hydrogens is 379 g/mol. The number of amides is 1. The molecule has 0 heterocycles. The number of rotatable bonds is 5. The fraction of sp³-hybridized carbons (Fsp3) is 0.0952. The summed E-state index contributed by atoms with van der Waals surface area (Å²) in [5, 5.41) is 2.66. The number of anilines is 2. The molecule has 0 aliphatic heterocycles. The minimum absolute atomic E-state index is 0.193. The first-order valence-electron chi connectivity index (χ1n) is 8.50. The minimum Gasteiger partial charge on any atom is -0.322 e. The van der Waals surface area contributed by atoms with Crippen molar-refractivity contribution >= 4 is 27.3 Å². The van der Waals surface area contributed by atoms with E-state index >= 15 is 0 Å². The van der Waals surface area contributed by atoms with Crippen molar-refractivity contribution in [2.75, 3.05) is 16.7 Å². The highest BCUT2D eigenvalue weighted by Crippen LogP contribution is 2.23. The zero-order valence-corrected chi connectivity index (χ0v) is 16.2. The van der Waals surface area contributed by atoms with Crippen molar-refractivity contribution in [1.82, 2.24) is 0 Å². The molecule has 0 saturated heterocycles. The third-order valence-corrected chi connectivity index (χ3v) is 6.07. The van der Waals surface area contributed by atoms with Gasteiger partial charge < -0.3 is 5.32 Å². The van der Waals surface area contributed by atoms with Crippen LogP contribution in [0.25, 0.3) is 0 Å². The smallest absolute Gasteiger partial charge is 0.264 e. The Morgan fingerprint density at radius 3 is 2.04 bits per heavy atom. The van der Waals surface area contributed by atoms with E-state index in [0.717, 1.165) is 5.56 Å². The molecule has 0 aliphatic carbocycles. The zero-order valence-electron chi connectivity index (χ0n) is 15.4. The SMILES string of the molecule is Cc1ccc(S(=O)(=O)N(C)c2ccc(C(=O)Nc3ccc(F)cc3)cc2)cc1. The molecule has 3 aromatic carbocycles. The molecule has 7 heteroatoms. The second-order valence-electron chi connectivity index (χ2n) is 6.29. The van der Waals surface area contributed by atoms with Crippen LogP contribution in [0, 0.1) is 12.7 Å². The summed E-state index contributed by atoms with van der Waals surface area (Å²) in [6.45, 7) is 1.88. The van der Waals surface area contributed by atoms with E-state index < -0.39 is 10.0 Å². The second-order valence-corrected chi connectivity index (χ2v) is 8.26. The van der Waals surface area contributed by atoms with Crippen molar-refractivity contribution in [1.29, 1.82) is 0 Å². The molecule has 0 fully saturated rings. The summed E-state index contributed by atoms with van der Waals surface area (Å²) >= 11 is 0. The molecule has 0 unspecified atom stereocenters. The molecule has 3 aromatic rings. The lowest BCUT2D eigenvalue weighted by Crippen LogP contribution is -2.26. The third-order valence-electron chi connectivity index (χ3n) is 4.27. The summed E-state index contributed by atoms with van der Waals surface area (Å²) in [5.74, 6) is -0.762. The highest BCUT2D eigenvalue weighted by molar-refractivity contribution is 7.92. The first-order chi connectivity index (χ1) is 13.3. The van der Waals surface area contributed by atoms with Crippen LogP contribution in [-0.2, 0) is 10.0 Å². The number of carbonyl (C=O) groups excluding carboxylic acids is 1. The number of nitrogens with one attached hydrogen (secondary N) is 1. The highest BCUT2D eigenvalue weighted by Gasteiger charge is 2.21. The number of hydrogen-bond acceptors (Lipinski definition) is 3. The Morgan fingerprint density at radius 2 is 1.46 bits per heavy atom. The number of sulfonamides is 1. The Morgan fingerprint density at radius 1 is 0.893 bits per heavy atom. The van der Waals surface area contributed by atoms with Gasteiger partial charge in [0.25, 0.3) is 15.9 Å². The zero-order chi connectivity index (χ0) is 20.3. The standard InChI is InChI=1S/C21H19FN2O3S/c1-15-3-13-20(14-4-15)28(26,27)24(2)19-11-5-16(6-12-19)21(25)23-18-9-7-17(22)8-10-18/h3-14H,1-2H3,(H,23,25). The number of aryl methyl sites for hydroxylation is 1. The fourth-order valence-corrected chi connectivity index (χ4v) is 3.76. The van der Waals surface area contributed by atoms with Crippen LogP contribution in [0.4, 0.5) is 15.8 Å². The largest absolute Gasteiger partial charge is 0.322 e. The molecular formula is C21H19FN2O3S. The van der Waals surface area contributed by atoms with Crippen LogP contribution in [0.5, 0.6) is 0 Å². The lowest BCUT2D eigenvalue weighted by Gasteiger charge is -2.20. The van der Waals surface area contributed by atoms with E-state index in [9.17, 15) is 17.6 Å². The van der Waals surface area contributed by atoms with Crippen molar-refractivity contribution in [3.8, 4) is 0 Å². The molecule has 28 heavy (non-hydrogen) atoms. The molecule has 0 saturated carbocycles. The van der Waals surface area contributed by atoms with Crippen molar-refractivity contribution in [3.63, 3.8) is 0 Å². The van der Waals surface area contributed by atoms with Crippen LogP contribution >= 0.6 is 0 Å². The highest BCUT2D eigenvalue weighted by atomic mass is 32.2. The maximum Gasteiger partial charge on any atom is 0.264 e. The maximum atomic E-state index is 12.9. The van der Waals surface area contributed by atoms with Gasteiger partial charge in [0.15, 0.2) is 0 Å². The van der Waals surface area contributed by atoms with E-state index in [-0.39, 0.29) is 16.6 Å². The fourth-order valence-electron chi connectivity index (χ4n) is 2.57. The molecule has 0 bridgehead atoms. The quantitative estimate of drug-likeness (QED) is 0.700. The van der Waals surface area contributed by atoms with Gasteiger partial charge in [-0.15, -0.1) is 0 Å². The molecule has 0 atom stereocenters. The first kappa shape index (κ1) is 19.6. The van der Waals surface area contributed by atoms with Crippen LogP contribution in [0.3, 0.4) is 0 Å². The van der Waals surface area contributed by atoms with Gasteiger partial charge >= 0.3 is 0 Å². The Labute approximate surface area is 163 Å². The summed E-state index contributed by atoms with van der Waals surface area (Å²) in [5.41, 5.74) is 2.22. The summed E-state index contributed by atoms with van der Waals surface area (Å²) in [6.07, 6.45) is 0. The predicted octanol–water partition coefficient (Wildman–Crippen LogP) is 4.21. The molecule has 0 spiro atoms. The summed E-state index contributed by atoms with van der Waals surface area (Å²) in [7, 11) is -2.24. The predicted molar refractivity (Wildman–Crippen MR) is 108 cm³/mol. The van der Waals surface area contributed by atoms with Gasteiger partial charge in [0.2, 0.25) is 0 Å². The van der Waals surface area contributed by atoms with Crippen LogP contribution < -0.4 is 9.62 Å². The van der Waals surface area contributed by atoms with Gasteiger partial charge in [-0.1, -0.05) is 17.7 Å². The van der Waals surface area contributed by atoms with E-state index in [1.807, 2.05) is 6.92 Å². The molecule has 1 amide bonds. The molecule has 0 radical (unpaired) electrons. The van der Waals surface area contributed by atoms with Gasteiger partial charge in [-0.05, 0) is 67.6 Å². The molecule has 144 valence electrons. The van der Waals surface area contributed by atoms with Crippen molar-refractivity contribution in [2.24, 2.45) is 0 Å². The van der Waals surface area contributed by atoms with Crippen molar-refractivity contribution in [3.05, 3.63) is 89.7 Å². The lowest BCUT2D eigenvalue weighted by atomic mass is 10.2. The van der Waals surface area contributed by atoms with Gasteiger partial charge in [-0.2, -0.15) is 0 Å². The number of hydrogen-bond donors (Lipinski definition) is 1. The second kappa shape index (κ2) is 7.82. The first-order valence-corrected chi connectivity index (χ1v) is 9.94. The van der Waals surface area contributed by atoms with Crippen LogP contribution in [-0.4, -0.2) is 21.4 Å². The van der Waals surface area contributed by atoms with Gasteiger partial charge in [0, 0.05) is 18.3 Å². The van der Waals surface area contributed by atoms with Crippen LogP contribution in [0.2, 0.25) is 0 Å². The van der Waals surface area contributed by atoms with E-state index in [1.54, 1.807) is 36.4 Å².